The second kappa shape index (κ2) is 9.88. The molecule has 0 bridgehead atoms. The van der Waals surface area contributed by atoms with E-state index in [2.05, 4.69) is 6.92 Å². The first-order chi connectivity index (χ1) is 14.9. The first kappa shape index (κ1) is 22.7. The third-order valence-corrected chi connectivity index (χ3v) is 5.71. The Labute approximate surface area is 184 Å². The number of fused-ring (bicyclic) bond motifs is 1. The van der Waals surface area contributed by atoms with Crippen molar-refractivity contribution in [1.29, 1.82) is 0 Å². The molecular formula is C25H32N4O2. The predicted octanol–water partition coefficient (Wildman–Crippen LogP) is 3.74. The molecule has 0 aliphatic heterocycles. The molecule has 0 aliphatic carbocycles. The van der Waals surface area contributed by atoms with E-state index in [-0.39, 0.29) is 17.5 Å². The maximum absolute atomic E-state index is 13.5. The molecule has 0 saturated heterocycles. The second-order valence-electron chi connectivity index (χ2n) is 8.06. The van der Waals surface area contributed by atoms with Gasteiger partial charge in [0.15, 0.2) is 0 Å². The normalized spacial score (nSPS) is 12.3. The van der Waals surface area contributed by atoms with Crippen LogP contribution in [0.1, 0.15) is 48.6 Å². The van der Waals surface area contributed by atoms with Crippen LogP contribution in [-0.2, 0) is 13.0 Å². The van der Waals surface area contributed by atoms with Gasteiger partial charge in [-0.2, -0.15) is 0 Å². The van der Waals surface area contributed by atoms with Crippen LogP contribution in [0, 0.1) is 0 Å². The first-order valence-corrected chi connectivity index (χ1v) is 10.9. The summed E-state index contributed by atoms with van der Waals surface area (Å²) in [6.45, 7) is 7.73. The van der Waals surface area contributed by atoms with Gasteiger partial charge in [0.1, 0.15) is 5.82 Å². The summed E-state index contributed by atoms with van der Waals surface area (Å²) in [6, 6.07) is 14.8. The molecule has 0 fully saturated rings. The summed E-state index contributed by atoms with van der Waals surface area (Å²) in [6.07, 6.45) is 0.930. The number of carbonyl (C=O) groups is 1. The Morgan fingerprint density at radius 1 is 1.03 bits per heavy atom. The van der Waals surface area contributed by atoms with E-state index >= 15 is 0 Å². The number of para-hydroxylation sites is 1. The average molecular weight is 421 g/mol. The van der Waals surface area contributed by atoms with Crippen LogP contribution >= 0.6 is 0 Å². The fraction of sp³-hybridized carbons (Fsp3) is 0.400. The van der Waals surface area contributed by atoms with E-state index < -0.39 is 0 Å². The molecule has 3 rings (SSSR count). The predicted molar refractivity (Wildman–Crippen MR) is 126 cm³/mol. The molecule has 1 heterocycles. The minimum Gasteiger partial charge on any atom is -0.327 e. The van der Waals surface area contributed by atoms with Gasteiger partial charge < -0.3 is 9.80 Å². The summed E-state index contributed by atoms with van der Waals surface area (Å²) in [5.41, 5.74) is 2.43. The van der Waals surface area contributed by atoms with Crippen LogP contribution in [-0.4, -0.2) is 52.4 Å². The first-order valence-electron chi connectivity index (χ1n) is 10.9. The molecule has 6 heteroatoms. The molecule has 31 heavy (non-hydrogen) atoms. The van der Waals surface area contributed by atoms with Crippen LogP contribution in [0.4, 0.5) is 0 Å². The smallest absolute Gasteiger partial charge is 0.261 e. The fourth-order valence-electron chi connectivity index (χ4n) is 3.78. The highest BCUT2D eigenvalue weighted by Gasteiger charge is 2.26. The molecule has 6 nitrogen and oxygen atoms in total. The van der Waals surface area contributed by atoms with Gasteiger partial charge in [-0.1, -0.05) is 31.2 Å². The van der Waals surface area contributed by atoms with Crippen molar-refractivity contribution in [3.05, 3.63) is 75.8 Å². The average Bonchev–Trinajstić information content (AvgIpc) is 2.78. The second-order valence-corrected chi connectivity index (χ2v) is 8.06. The van der Waals surface area contributed by atoms with Gasteiger partial charge in [0.2, 0.25) is 0 Å². The van der Waals surface area contributed by atoms with Crippen LogP contribution in [0.3, 0.4) is 0 Å². The van der Waals surface area contributed by atoms with Crippen molar-refractivity contribution in [2.24, 2.45) is 0 Å². The van der Waals surface area contributed by atoms with Crippen molar-refractivity contribution >= 4 is 16.8 Å². The summed E-state index contributed by atoms with van der Waals surface area (Å²) < 4.78 is 1.68. The zero-order valence-corrected chi connectivity index (χ0v) is 19.1. The van der Waals surface area contributed by atoms with Gasteiger partial charge in [-0.05, 0) is 64.2 Å². The quantitative estimate of drug-likeness (QED) is 0.557. The lowest BCUT2D eigenvalue weighted by molar-refractivity contribution is 0.0665. The number of aryl methyl sites for hydroxylation is 1. The van der Waals surface area contributed by atoms with Gasteiger partial charge in [0.25, 0.3) is 11.5 Å². The maximum atomic E-state index is 13.5. The zero-order valence-electron chi connectivity index (χ0n) is 19.1. The Balaban J connectivity index is 2.06. The van der Waals surface area contributed by atoms with Crippen molar-refractivity contribution in [3.63, 3.8) is 0 Å². The van der Waals surface area contributed by atoms with Gasteiger partial charge >= 0.3 is 0 Å². The van der Waals surface area contributed by atoms with E-state index in [1.807, 2.05) is 80.2 Å². The molecule has 0 radical (unpaired) electrons. The fourth-order valence-corrected chi connectivity index (χ4v) is 3.78. The molecule has 1 atom stereocenters. The van der Waals surface area contributed by atoms with Crippen LogP contribution in [0.15, 0.2) is 53.3 Å². The van der Waals surface area contributed by atoms with Crippen LogP contribution < -0.4 is 5.56 Å². The molecule has 2 aromatic carbocycles. The van der Waals surface area contributed by atoms with Crippen molar-refractivity contribution in [3.8, 4) is 0 Å². The molecule has 0 N–H and O–H groups in total. The molecule has 0 saturated carbocycles. The highest BCUT2D eigenvalue weighted by molar-refractivity contribution is 5.94. The van der Waals surface area contributed by atoms with E-state index in [1.54, 1.807) is 10.6 Å². The minimum absolute atomic E-state index is 0.0536. The zero-order chi connectivity index (χ0) is 22.5. The van der Waals surface area contributed by atoms with E-state index in [1.165, 1.54) is 5.56 Å². The van der Waals surface area contributed by atoms with E-state index in [0.29, 0.717) is 41.9 Å². The van der Waals surface area contributed by atoms with Crippen molar-refractivity contribution in [1.82, 2.24) is 19.4 Å². The summed E-state index contributed by atoms with van der Waals surface area (Å²) in [7, 11) is 3.97. The number of likely N-dealkylation sites (N-methyl/N-ethyl adjacent to an activating group) is 1. The molecule has 1 amide bonds. The lowest BCUT2D eigenvalue weighted by Gasteiger charge is -2.31. The minimum atomic E-state index is -0.351. The maximum Gasteiger partial charge on any atom is 0.261 e. The Morgan fingerprint density at radius 3 is 2.32 bits per heavy atom. The highest BCUT2D eigenvalue weighted by Crippen LogP contribution is 2.22. The standard InChI is InChI=1S/C25H32N4O2/c1-6-19-12-14-20(15-13-19)24(30)29(17-16-27(4)5)18(3)23-26-22-11-9-8-10-21(22)25(31)28(23)7-2/h8-15,18H,6-7,16-17H2,1-5H3. The van der Waals surface area contributed by atoms with Crippen molar-refractivity contribution < 1.29 is 4.79 Å². The third-order valence-electron chi connectivity index (χ3n) is 5.71. The Hall–Kier alpha value is -2.99. The monoisotopic (exact) mass is 420 g/mol. The van der Waals surface area contributed by atoms with E-state index in [4.69, 9.17) is 4.98 Å². The lowest BCUT2D eigenvalue weighted by Crippen LogP contribution is -2.41. The summed E-state index contributed by atoms with van der Waals surface area (Å²) >= 11 is 0. The molecule has 3 aromatic rings. The number of hydrogen-bond donors (Lipinski definition) is 0. The third kappa shape index (κ3) is 4.85. The Kier molecular flexibility index (Phi) is 7.23. The largest absolute Gasteiger partial charge is 0.327 e. The number of amides is 1. The van der Waals surface area contributed by atoms with Gasteiger partial charge in [0, 0.05) is 25.2 Å². The Morgan fingerprint density at radius 2 is 1.71 bits per heavy atom. The summed E-state index contributed by atoms with van der Waals surface area (Å²) in [5.74, 6) is 0.561. The lowest BCUT2D eigenvalue weighted by atomic mass is 10.1. The molecular weight excluding hydrogens is 388 g/mol. The van der Waals surface area contributed by atoms with Crippen LogP contribution in [0.2, 0.25) is 0 Å². The van der Waals surface area contributed by atoms with Gasteiger partial charge in [-0.15, -0.1) is 0 Å². The highest BCUT2D eigenvalue weighted by atomic mass is 16.2. The molecule has 0 spiro atoms. The number of rotatable bonds is 8. The summed E-state index contributed by atoms with van der Waals surface area (Å²) in [4.78, 5) is 35.3. The SMILES string of the molecule is CCc1ccc(C(=O)N(CCN(C)C)C(C)c2nc3ccccc3c(=O)n2CC)cc1. The molecule has 0 aliphatic rings. The van der Waals surface area contributed by atoms with Gasteiger partial charge in [-0.25, -0.2) is 4.98 Å². The topological polar surface area (TPSA) is 58.4 Å². The Bertz CT molecular complexity index is 1100. The molecule has 1 unspecified atom stereocenters. The number of carbonyl (C=O) groups excluding carboxylic acids is 1. The van der Waals surface area contributed by atoms with E-state index in [0.717, 1.165) is 6.42 Å². The van der Waals surface area contributed by atoms with Gasteiger partial charge in [-0.3, -0.25) is 14.2 Å². The van der Waals surface area contributed by atoms with Gasteiger partial charge in [0.05, 0.1) is 16.9 Å². The van der Waals surface area contributed by atoms with Crippen LogP contribution in [0.5, 0.6) is 0 Å². The van der Waals surface area contributed by atoms with E-state index in [9.17, 15) is 9.59 Å². The number of benzene rings is 2. The molecule has 1 aromatic heterocycles. The number of nitrogens with zero attached hydrogens (tertiary/aromatic N) is 4. The van der Waals surface area contributed by atoms with Crippen molar-refractivity contribution in [2.75, 3.05) is 27.2 Å². The summed E-state index contributed by atoms with van der Waals surface area (Å²) in [5, 5.41) is 0.599. The molecule has 164 valence electrons. The number of aromatic nitrogens is 2. The number of hydrogen-bond acceptors (Lipinski definition) is 4. The van der Waals surface area contributed by atoms with Crippen LogP contribution in [0.25, 0.3) is 10.9 Å². The van der Waals surface area contributed by atoms with Crippen molar-refractivity contribution in [2.45, 2.75) is 39.8 Å².